The van der Waals surface area contributed by atoms with Crippen LogP contribution in [-0.4, -0.2) is 53.4 Å². The average molecular weight is 389 g/mol. The fourth-order valence-electron chi connectivity index (χ4n) is 4.60. The molecule has 28 heavy (non-hydrogen) atoms. The molecule has 1 saturated carbocycles. The van der Waals surface area contributed by atoms with Gasteiger partial charge in [0.15, 0.2) is 0 Å². The molecule has 6 nitrogen and oxygen atoms in total. The second kappa shape index (κ2) is 9.40. The van der Waals surface area contributed by atoms with Crippen molar-refractivity contribution in [2.45, 2.75) is 71.4 Å². The van der Waals surface area contributed by atoms with Gasteiger partial charge in [-0.3, -0.25) is 9.48 Å². The van der Waals surface area contributed by atoms with Crippen molar-refractivity contribution in [1.82, 2.24) is 20.0 Å². The summed E-state index contributed by atoms with van der Waals surface area (Å²) in [5, 5.41) is 8.00. The standard InChI is InChI=1S/C22H36N4O2/c1-2-25-12-8-17(9-13-25)7-11-23-22(27)6-5-20-19-16-28-14-10-21(19)26(24-20)15-18-3-4-18/h17-18H,2-16H2,1H3,(H,23,27). The third kappa shape index (κ3) is 5.15. The number of amides is 1. The minimum absolute atomic E-state index is 0.160. The first-order valence-corrected chi connectivity index (χ1v) is 11.4. The van der Waals surface area contributed by atoms with Gasteiger partial charge in [0.2, 0.25) is 5.91 Å². The van der Waals surface area contributed by atoms with E-state index in [-0.39, 0.29) is 5.91 Å². The maximum Gasteiger partial charge on any atom is 0.220 e. The van der Waals surface area contributed by atoms with Gasteiger partial charge < -0.3 is 15.0 Å². The van der Waals surface area contributed by atoms with E-state index < -0.39 is 0 Å². The number of nitrogens with zero attached hydrogens (tertiary/aromatic N) is 3. The molecule has 1 N–H and O–H groups in total. The molecule has 2 aliphatic heterocycles. The van der Waals surface area contributed by atoms with Crippen molar-refractivity contribution in [2.24, 2.45) is 11.8 Å². The summed E-state index contributed by atoms with van der Waals surface area (Å²) < 4.78 is 7.88. The third-order valence-electron chi connectivity index (χ3n) is 6.73. The fraction of sp³-hybridized carbons (Fsp3) is 0.818. The SMILES string of the molecule is CCN1CCC(CCNC(=O)CCc2nn(CC3CC3)c3c2COCC3)CC1. The highest BCUT2D eigenvalue weighted by Crippen LogP contribution is 2.32. The van der Waals surface area contributed by atoms with Crippen LogP contribution >= 0.6 is 0 Å². The number of carbonyl (C=O) groups excluding carboxylic acids is 1. The summed E-state index contributed by atoms with van der Waals surface area (Å²) >= 11 is 0. The molecule has 0 unspecified atom stereocenters. The number of aryl methyl sites for hydroxylation is 1. The maximum absolute atomic E-state index is 12.3. The Hall–Kier alpha value is -1.40. The number of hydrogen-bond donors (Lipinski definition) is 1. The Morgan fingerprint density at radius 2 is 2.04 bits per heavy atom. The quantitative estimate of drug-likeness (QED) is 0.706. The van der Waals surface area contributed by atoms with Gasteiger partial charge in [0.1, 0.15) is 0 Å². The molecular formula is C22H36N4O2. The van der Waals surface area contributed by atoms with E-state index in [0.29, 0.717) is 13.0 Å². The molecule has 3 heterocycles. The van der Waals surface area contributed by atoms with Gasteiger partial charge in [-0.25, -0.2) is 0 Å². The van der Waals surface area contributed by atoms with Gasteiger partial charge in [-0.05, 0) is 63.6 Å². The summed E-state index contributed by atoms with van der Waals surface area (Å²) in [5.74, 6) is 1.74. The summed E-state index contributed by atoms with van der Waals surface area (Å²) in [6.07, 6.45) is 8.54. The predicted octanol–water partition coefficient (Wildman–Crippen LogP) is 2.54. The van der Waals surface area contributed by atoms with Crippen molar-refractivity contribution < 1.29 is 9.53 Å². The molecule has 1 amide bonds. The van der Waals surface area contributed by atoms with Gasteiger partial charge in [0.05, 0.1) is 18.9 Å². The number of aromatic nitrogens is 2. The smallest absolute Gasteiger partial charge is 0.220 e. The van der Waals surface area contributed by atoms with Crippen molar-refractivity contribution in [1.29, 1.82) is 0 Å². The van der Waals surface area contributed by atoms with Crippen LogP contribution in [0, 0.1) is 11.8 Å². The summed E-state index contributed by atoms with van der Waals surface area (Å²) in [7, 11) is 0. The molecule has 0 radical (unpaired) electrons. The Bertz CT molecular complexity index is 660. The van der Waals surface area contributed by atoms with Crippen LogP contribution in [0.5, 0.6) is 0 Å². The van der Waals surface area contributed by atoms with Gasteiger partial charge in [-0.2, -0.15) is 5.10 Å². The monoisotopic (exact) mass is 388 g/mol. The van der Waals surface area contributed by atoms with E-state index in [1.807, 2.05) is 0 Å². The van der Waals surface area contributed by atoms with Gasteiger partial charge in [0.25, 0.3) is 0 Å². The Morgan fingerprint density at radius 3 is 2.79 bits per heavy atom. The van der Waals surface area contributed by atoms with Crippen LogP contribution < -0.4 is 5.32 Å². The van der Waals surface area contributed by atoms with Gasteiger partial charge in [0, 0.05) is 43.6 Å². The molecule has 0 atom stereocenters. The van der Waals surface area contributed by atoms with Crippen LogP contribution in [0.2, 0.25) is 0 Å². The summed E-state index contributed by atoms with van der Waals surface area (Å²) in [5.41, 5.74) is 3.69. The number of rotatable bonds is 9. The molecule has 1 aromatic rings. The summed E-state index contributed by atoms with van der Waals surface area (Å²) in [6, 6.07) is 0. The topological polar surface area (TPSA) is 59.4 Å². The first-order chi connectivity index (χ1) is 13.7. The molecule has 6 heteroatoms. The Balaban J connectivity index is 1.21. The molecule has 4 rings (SSSR count). The lowest BCUT2D eigenvalue weighted by atomic mass is 9.93. The largest absolute Gasteiger partial charge is 0.376 e. The zero-order valence-corrected chi connectivity index (χ0v) is 17.4. The second-order valence-electron chi connectivity index (χ2n) is 8.82. The highest BCUT2D eigenvalue weighted by Gasteiger charge is 2.27. The summed E-state index contributed by atoms with van der Waals surface area (Å²) in [4.78, 5) is 14.8. The van der Waals surface area contributed by atoms with Crippen LogP contribution in [0.4, 0.5) is 0 Å². The van der Waals surface area contributed by atoms with Gasteiger partial charge >= 0.3 is 0 Å². The number of nitrogens with one attached hydrogen (secondary N) is 1. The molecule has 2 fully saturated rings. The van der Waals surface area contributed by atoms with Crippen molar-refractivity contribution in [2.75, 3.05) is 32.8 Å². The zero-order valence-electron chi connectivity index (χ0n) is 17.4. The Kier molecular flexibility index (Phi) is 6.68. The van der Waals surface area contributed by atoms with Crippen LogP contribution in [0.1, 0.15) is 62.4 Å². The summed E-state index contributed by atoms with van der Waals surface area (Å²) in [6.45, 7) is 9.14. The van der Waals surface area contributed by atoms with E-state index in [1.165, 1.54) is 50.0 Å². The van der Waals surface area contributed by atoms with Crippen molar-refractivity contribution in [3.8, 4) is 0 Å². The lowest BCUT2D eigenvalue weighted by Gasteiger charge is -2.31. The van der Waals surface area contributed by atoms with Gasteiger partial charge in [-0.1, -0.05) is 6.92 Å². The lowest BCUT2D eigenvalue weighted by molar-refractivity contribution is -0.121. The molecule has 0 bridgehead atoms. The average Bonchev–Trinajstić information content (AvgIpc) is 3.48. The highest BCUT2D eigenvalue weighted by atomic mass is 16.5. The van der Waals surface area contributed by atoms with Crippen molar-refractivity contribution in [3.05, 3.63) is 17.0 Å². The van der Waals surface area contributed by atoms with E-state index in [4.69, 9.17) is 9.84 Å². The molecule has 156 valence electrons. The highest BCUT2D eigenvalue weighted by molar-refractivity contribution is 5.76. The number of hydrogen-bond acceptors (Lipinski definition) is 4. The van der Waals surface area contributed by atoms with E-state index in [9.17, 15) is 4.79 Å². The Labute approximate surface area is 169 Å². The van der Waals surface area contributed by atoms with Crippen molar-refractivity contribution in [3.63, 3.8) is 0 Å². The van der Waals surface area contributed by atoms with Crippen molar-refractivity contribution >= 4 is 5.91 Å². The predicted molar refractivity (Wildman–Crippen MR) is 109 cm³/mol. The van der Waals surface area contributed by atoms with Crippen LogP contribution in [0.15, 0.2) is 0 Å². The molecule has 0 aromatic carbocycles. The number of piperidine rings is 1. The minimum Gasteiger partial charge on any atom is -0.376 e. The molecule has 1 saturated heterocycles. The van der Waals surface area contributed by atoms with Crippen LogP contribution in [0.25, 0.3) is 0 Å². The first kappa shape index (κ1) is 19.9. The maximum atomic E-state index is 12.3. The van der Waals surface area contributed by atoms with Gasteiger partial charge in [-0.15, -0.1) is 0 Å². The molecule has 1 aromatic heterocycles. The number of fused-ring (bicyclic) bond motifs is 1. The number of likely N-dealkylation sites (tertiary alicyclic amines) is 1. The van der Waals surface area contributed by atoms with E-state index in [2.05, 4.69) is 21.8 Å². The number of carbonyl (C=O) groups is 1. The molecule has 1 aliphatic carbocycles. The number of ether oxygens (including phenoxy) is 1. The van der Waals surface area contributed by atoms with Crippen LogP contribution in [0.3, 0.4) is 0 Å². The lowest BCUT2D eigenvalue weighted by Crippen LogP contribution is -2.35. The van der Waals surface area contributed by atoms with E-state index in [1.54, 1.807) is 0 Å². The molecule has 0 spiro atoms. The molecule has 3 aliphatic rings. The van der Waals surface area contributed by atoms with E-state index >= 15 is 0 Å². The molecular weight excluding hydrogens is 352 g/mol. The Morgan fingerprint density at radius 1 is 1.21 bits per heavy atom. The normalized spacial score (nSPS) is 20.9. The third-order valence-corrected chi connectivity index (χ3v) is 6.73. The van der Waals surface area contributed by atoms with E-state index in [0.717, 1.165) is 63.0 Å². The zero-order chi connectivity index (χ0) is 19.3. The first-order valence-electron chi connectivity index (χ1n) is 11.4. The fourth-order valence-corrected chi connectivity index (χ4v) is 4.60. The minimum atomic E-state index is 0.160. The van der Waals surface area contributed by atoms with Crippen LogP contribution in [-0.2, 0) is 35.5 Å². The second-order valence-corrected chi connectivity index (χ2v) is 8.82.